The maximum absolute atomic E-state index is 11.7. The number of benzene rings is 3. The van der Waals surface area contributed by atoms with Gasteiger partial charge in [0.15, 0.2) is 17.3 Å². The van der Waals surface area contributed by atoms with E-state index in [-0.39, 0.29) is 12.5 Å². The smallest absolute Gasteiger partial charge is 0.236 e. The molecule has 0 fully saturated rings. The Morgan fingerprint density at radius 3 is 2.41 bits per heavy atom. The molecule has 5 rings (SSSR count). The number of fused-ring (bicyclic) bond motifs is 1. The third-order valence-corrected chi connectivity index (χ3v) is 5.34. The third kappa shape index (κ3) is 4.71. The molecule has 0 aliphatic heterocycles. The molecule has 0 atom stereocenters. The lowest BCUT2D eigenvalue weighted by Crippen LogP contribution is -2.33. The number of aromatic nitrogens is 4. The summed E-state index contributed by atoms with van der Waals surface area (Å²) in [5, 5.41) is 16.5. The molecule has 0 aliphatic rings. The van der Waals surface area contributed by atoms with Crippen LogP contribution >= 0.6 is 0 Å². The molecule has 34 heavy (non-hydrogen) atoms. The van der Waals surface area contributed by atoms with Gasteiger partial charge in [0.05, 0.1) is 6.54 Å². The minimum atomic E-state index is -0.387. The number of hydrogen-bond donors (Lipinski definition) is 2. The zero-order valence-electron chi connectivity index (χ0n) is 18.4. The van der Waals surface area contributed by atoms with Crippen LogP contribution in [0.25, 0.3) is 17.0 Å². The van der Waals surface area contributed by atoms with Gasteiger partial charge in [-0.2, -0.15) is 4.52 Å². The number of nitrogens with two attached hydrogens (primary N) is 1. The van der Waals surface area contributed by atoms with Crippen molar-refractivity contribution in [2.24, 2.45) is 5.73 Å². The molecule has 2 heterocycles. The van der Waals surface area contributed by atoms with Gasteiger partial charge < -0.3 is 16.0 Å². The number of rotatable bonds is 8. The summed E-state index contributed by atoms with van der Waals surface area (Å²) in [6, 6.07) is 31.3. The van der Waals surface area contributed by atoms with Gasteiger partial charge in [-0.15, -0.1) is 15.3 Å². The van der Waals surface area contributed by atoms with Gasteiger partial charge in [0.2, 0.25) is 5.91 Å². The van der Waals surface area contributed by atoms with E-state index in [0.717, 1.165) is 22.5 Å². The highest BCUT2D eigenvalue weighted by molar-refractivity contribution is 5.80. The van der Waals surface area contributed by atoms with Crippen LogP contribution in [0.2, 0.25) is 0 Å². The molecule has 1 amide bonds. The van der Waals surface area contributed by atoms with Crippen molar-refractivity contribution in [3.8, 4) is 11.4 Å². The molecule has 0 aliphatic carbocycles. The van der Waals surface area contributed by atoms with E-state index in [1.807, 2.05) is 102 Å². The van der Waals surface area contributed by atoms with Crippen LogP contribution in [0.3, 0.4) is 0 Å². The van der Waals surface area contributed by atoms with Crippen LogP contribution < -0.4 is 16.0 Å². The van der Waals surface area contributed by atoms with E-state index in [2.05, 4.69) is 15.5 Å². The normalized spacial score (nSPS) is 10.8. The lowest BCUT2D eigenvalue weighted by Gasteiger charge is -2.24. The number of primary amides is 1. The number of hydrogen-bond acceptors (Lipinski definition) is 6. The summed E-state index contributed by atoms with van der Waals surface area (Å²) in [5.74, 6) is 0.928. The Hall–Kier alpha value is -4.72. The number of anilines is 3. The summed E-state index contributed by atoms with van der Waals surface area (Å²) in [7, 11) is 0. The van der Waals surface area contributed by atoms with Crippen molar-refractivity contribution in [3.63, 3.8) is 0 Å². The quantitative estimate of drug-likeness (QED) is 0.371. The van der Waals surface area contributed by atoms with Crippen molar-refractivity contribution in [2.45, 2.75) is 6.54 Å². The van der Waals surface area contributed by atoms with Crippen molar-refractivity contribution >= 4 is 28.7 Å². The number of nitrogens with zero attached hydrogens (tertiary/aromatic N) is 5. The summed E-state index contributed by atoms with van der Waals surface area (Å²) >= 11 is 0. The fraction of sp³-hybridized carbons (Fsp3) is 0.0769. The van der Waals surface area contributed by atoms with Crippen molar-refractivity contribution in [1.82, 2.24) is 19.8 Å². The maximum atomic E-state index is 11.7. The predicted octanol–water partition coefficient (Wildman–Crippen LogP) is 4.03. The van der Waals surface area contributed by atoms with Crippen molar-refractivity contribution in [3.05, 3.63) is 103 Å². The Balaban J connectivity index is 1.42. The van der Waals surface area contributed by atoms with Crippen LogP contribution in [0.1, 0.15) is 5.56 Å². The van der Waals surface area contributed by atoms with E-state index in [4.69, 9.17) is 10.8 Å². The van der Waals surface area contributed by atoms with E-state index in [1.165, 1.54) is 0 Å². The number of amides is 1. The summed E-state index contributed by atoms with van der Waals surface area (Å²) in [4.78, 5) is 13.7. The summed E-state index contributed by atoms with van der Waals surface area (Å²) in [6.07, 6.45) is 0. The van der Waals surface area contributed by atoms with Gasteiger partial charge in [0.1, 0.15) is 0 Å². The van der Waals surface area contributed by atoms with Crippen LogP contribution in [0, 0.1) is 0 Å². The first-order chi connectivity index (χ1) is 16.7. The Morgan fingerprint density at radius 1 is 0.882 bits per heavy atom. The second kappa shape index (κ2) is 9.41. The first-order valence-corrected chi connectivity index (χ1v) is 10.9. The molecule has 3 aromatic carbocycles. The molecule has 5 aromatic rings. The standard InChI is InChI=1S/C26H23N7O/c27-23(34)18-32(17-19-8-3-1-4-9-19)22-13-7-12-21(16-22)28-24-14-15-25-29-30-26(33(25)31-24)20-10-5-2-6-11-20/h1-16H,17-18H2,(H2,27,34)(H,28,31). The minimum Gasteiger partial charge on any atom is -0.368 e. The molecule has 0 unspecified atom stereocenters. The average Bonchev–Trinajstić information content (AvgIpc) is 3.28. The summed E-state index contributed by atoms with van der Waals surface area (Å²) in [6.45, 7) is 0.683. The summed E-state index contributed by atoms with van der Waals surface area (Å²) < 4.78 is 1.72. The fourth-order valence-electron chi connectivity index (χ4n) is 3.78. The molecule has 0 saturated heterocycles. The fourth-order valence-corrected chi connectivity index (χ4v) is 3.78. The lowest BCUT2D eigenvalue weighted by atomic mass is 10.2. The van der Waals surface area contributed by atoms with Crippen molar-refractivity contribution in [1.29, 1.82) is 0 Å². The molecule has 0 saturated carbocycles. The molecular formula is C26H23N7O. The zero-order chi connectivity index (χ0) is 23.3. The molecule has 2 aromatic heterocycles. The van der Waals surface area contributed by atoms with Crippen LogP contribution in [-0.4, -0.2) is 32.3 Å². The van der Waals surface area contributed by atoms with Gasteiger partial charge in [-0.3, -0.25) is 4.79 Å². The zero-order valence-corrected chi connectivity index (χ0v) is 18.4. The molecule has 8 nitrogen and oxygen atoms in total. The highest BCUT2D eigenvalue weighted by Gasteiger charge is 2.13. The van der Waals surface area contributed by atoms with Gasteiger partial charge in [-0.1, -0.05) is 66.7 Å². The second-order valence-electron chi connectivity index (χ2n) is 7.86. The maximum Gasteiger partial charge on any atom is 0.236 e. The van der Waals surface area contributed by atoms with E-state index >= 15 is 0 Å². The Morgan fingerprint density at radius 2 is 1.65 bits per heavy atom. The van der Waals surface area contributed by atoms with Gasteiger partial charge in [0.25, 0.3) is 0 Å². The van der Waals surface area contributed by atoms with E-state index in [0.29, 0.717) is 23.8 Å². The van der Waals surface area contributed by atoms with E-state index < -0.39 is 0 Å². The third-order valence-electron chi connectivity index (χ3n) is 5.34. The minimum absolute atomic E-state index is 0.115. The number of carbonyl (C=O) groups excluding carboxylic acids is 1. The number of nitrogens with one attached hydrogen (secondary N) is 1. The van der Waals surface area contributed by atoms with E-state index in [1.54, 1.807) is 4.52 Å². The van der Waals surface area contributed by atoms with Crippen molar-refractivity contribution in [2.75, 3.05) is 16.8 Å². The van der Waals surface area contributed by atoms with Crippen molar-refractivity contribution < 1.29 is 4.79 Å². The van der Waals surface area contributed by atoms with Crippen LogP contribution in [0.15, 0.2) is 97.1 Å². The number of carbonyl (C=O) groups is 1. The lowest BCUT2D eigenvalue weighted by molar-refractivity contribution is -0.116. The monoisotopic (exact) mass is 449 g/mol. The molecule has 0 bridgehead atoms. The highest BCUT2D eigenvalue weighted by Crippen LogP contribution is 2.24. The Bertz CT molecular complexity index is 1420. The predicted molar refractivity (Wildman–Crippen MR) is 133 cm³/mol. The molecule has 0 spiro atoms. The largest absolute Gasteiger partial charge is 0.368 e. The highest BCUT2D eigenvalue weighted by atomic mass is 16.1. The second-order valence-corrected chi connectivity index (χ2v) is 7.86. The van der Waals surface area contributed by atoms with Crippen LogP contribution in [-0.2, 0) is 11.3 Å². The van der Waals surface area contributed by atoms with Crippen LogP contribution in [0.4, 0.5) is 17.2 Å². The SMILES string of the molecule is NC(=O)CN(Cc1ccccc1)c1cccc(Nc2ccc3nnc(-c4ccccc4)n3n2)c1. The van der Waals surface area contributed by atoms with Gasteiger partial charge in [0, 0.05) is 23.5 Å². The van der Waals surface area contributed by atoms with Gasteiger partial charge in [-0.25, -0.2) is 0 Å². The van der Waals surface area contributed by atoms with E-state index in [9.17, 15) is 4.79 Å². The average molecular weight is 450 g/mol. The first-order valence-electron chi connectivity index (χ1n) is 10.9. The Labute approximate surface area is 196 Å². The van der Waals surface area contributed by atoms with Gasteiger partial charge >= 0.3 is 0 Å². The van der Waals surface area contributed by atoms with Crippen LogP contribution in [0.5, 0.6) is 0 Å². The molecule has 0 radical (unpaired) electrons. The Kier molecular flexibility index (Phi) is 5.85. The molecule has 168 valence electrons. The topological polar surface area (TPSA) is 101 Å². The molecule has 8 heteroatoms. The summed E-state index contributed by atoms with van der Waals surface area (Å²) in [5.41, 5.74) is 9.93. The van der Waals surface area contributed by atoms with Gasteiger partial charge in [-0.05, 0) is 35.9 Å². The molecular weight excluding hydrogens is 426 g/mol. The molecule has 3 N–H and O–H groups in total. The first kappa shape index (κ1) is 21.1.